The van der Waals surface area contributed by atoms with E-state index in [0.29, 0.717) is 4.90 Å². The zero-order valence-corrected chi connectivity index (χ0v) is 16.0. The van der Waals surface area contributed by atoms with Gasteiger partial charge in [-0.25, -0.2) is 8.42 Å². The van der Waals surface area contributed by atoms with E-state index in [1.165, 1.54) is 23.9 Å². The predicted octanol–water partition coefficient (Wildman–Crippen LogP) is 4.05. The van der Waals surface area contributed by atoms with Gasteiger partial charge in [-0.15, -0.1) is 12.6 Å². The fraction of sp³-hybridized carbons (Fsp3) is 0. The molecule has 0 aromatic heterocycles. The van der Waals surface area contributed by atoms with Gasteiger partial charge in [-0.05, 0) is 30.3 Å². The summed E-state index contributed by atoms with van der Waals surface area (Å²) in [6, 6.07) is 14.3. The summed E-state index contributed by atoms with van der Waals surface area (Å²) in [5.74, 6) is 0. The van der Waals surface area contributed by atoms with Gasteiger partial charge in [-0.3, -0.25) is 0 Å². The molecule has 0 aliphatic rings. The number of halogens is 1. The molecule has 0 N–H and O–H groups in total. The van der Waals surface area contributed by atoms with Crippen molar-refractivity contribution >= 4 is 44.1 Å². The van der Waals surface area contributed by atoms with Crippen molar-refractivity contribution in [2.24, 2.45) is 0 Å². The second-order valence-corrected chi connectivity index (χ2v) is 7.65. The molecular formula is C12H9ClO2S3Zn+2. The van der Waals surface area contributed by atoms with E-state index in [1.807, 2.05) is 30.3 Å². The molecule has 2 aromatic carbocycles. The number of hydrogen-bond donors (Lipinski definition) is 1. The fourth-order valence-electron chi connectivity index (χ4n) is 1.34. The van der Waals surface area contributed by atoms with Crippen LogP contribution in [0.3, 0.4) is 0 Å². The van der Waals surface area contributed by atoms with Crippen LogP contribution in [0.25, 0.3) is 0 Å². The molecule has 0 saturated carbocycles. The molecule has 94 valence electrons. The van der Waals surface area contributed by atoms with Crippen LogP contribution in [0.2, 0.25) is 0 Å². The van der Waals surface area contributed by atoms with Crippen molar-refractivity contribution in [1.29, 1.82) is 0 Å². The molecule has 0 aliphatic heterocycles. The Labute approximate surface area is 139 Å². The van der Waals surface area contributed by atoms with Crippen molar-refractivity contribution < 1.29 is 27.9 Å². The van der Waals surface area contributed by atoms with Crippen LogP contribution in [-0.2, 0) is 28.5 Å². The first-order valence-electron chi connectivity index (χ1n) is 4.97. The van der Waals surface area contributed by atoms with Crippen LogP contribution in [0.4, 0.5) is 0 Å². The average molecular weight is 382 g/mol. The van der Waals surface area contributed by atoms with E-state index in [1.54, 1.807) is 6.07 Å². The summed E-state index contributed by atoms with van der Waals surface area (Å²) < 4.78 is 22.6. The Balaban J connectivity index is 0.00000180. The smallest absolute Gasteiger partial charge is 0.207 e. The SMILES string of the molecule is O=S(=O)(Cl)c1ccc(S)c(Sc2ccccc2)c1.[Zn+2]. The van der Waals surface area contributed by atoms with Crippen molar-refractivity contribution in [2.75, 3.05) is 0 Å². The normalized spacial score (nSPS) is 10.8. The van der Waals surface area contributed by atoms with Crippen LogP contribution in [0.5, 0.6) is 0 Å². The van der Waals surface area contributed by atoms with Crippen LogP contribution >= 0.6 is 35.1 Å². The van der Waals surface area contributed by atoms with E-state index >= 15 is 0 Å². The van der Waals surface area contributed by atoms with Crippen LogP contribution in [0, 0.1) is 0 Å². The molecule has 2 aromatic rings. The van der Waals surface area contributed by atoms with E-state index < -0.39 is 9.05 Å². The molecule has 0 fully saturated rings. The van der Waals surface area contributed by atoms with E-state index in [9.17, 15) is 8.42 Å². The van der Waals surface area contributed by atoms with Gasteiger partial charge in [-0.2, -0.15) is 0 Å². The zero-order chi connectivity index (χ0) is 13.2. The van der Waals surface area contributed by atoms with Gasteiger partial charge in [0.05, 0.1) is 4.90 Å². The third-order valence-electron chi connectivity index (χ3n) is 2.18. The van der Waals surface area contributed by atoms with Gasteiger partial charge >= 0.3 is 19.5 Å². The summed E-state index contributed by atoms with van der Waals surface area (Å²) >= 11 is 5.76. The third kappa shape index (κ3) is 4.80. The standard InChI is InChI=1S/C12H9ClO2S3.Zn/c13-18(14,15)10-6-7-11(16)12(8-10)17-9-4-2-1-3-5-9;/h1-8,16H;/q;+2. The van der Waals surface area contributed by atoms with Gasteiger partial charge in [0, 0.05) is 25.4 Å². The molecule has 7 heteroatoms. The van der Waals surface area contributed by atoms with Crippen LogP contribution in [0.1, 0.15) is 0 Å². The number of rotatable bonds is 3. The van der Waals surface area contributed by atoms with Crippen LogP contribution in [0.15, 0.2) is 68.1 Å². The van der Waals surface area contributed by atoms with Crippen LogP contribution in [-0.4, -0.2) is 8.42 Å². The minimum absolute atomic E-state index is 0. The van der Waals surface area contributed by atoms with E-state index in [0.717, 1.165) is 9.79 Å². The maximum Gasteiger partial charge on any atom is 2.00 e. The quantitative estimate of drug-likeness (QED) is 0.494. The van der Waals surface area contributed by atoms with Crippen molar-refractivity contribution in [3.05, 3.63) is 48.5 Å². The Bertz CT molecular complexity index is 660. The number of thiol groups is 1. The van der Waals surface area contributed by atoms with Gasteiger partial charge in [-0.1, -0.05) is 30.0 Å². The minimum Gasteiger partial charge on any atom is -0.207 e. The average Bonchev–Trinajstić information content (AvgIpc) is 2.32. The van der Waals surface area contributed by atoms with E-state index in [2.05, 4.69) is 12.6 Å². The Morgan fingerprint density at radius 1 is 1.05 bits per heavy atom. The molecule has 19 heavy (non-hydrogen) atoms. The summed E-state index contributed by atoms with van der Waals surface area (Å²) in [7, 11) is 1.61. The summed E-state index contributed by atoms with van der Waals surface area (Å²) in [4.78, 5) is 2.57. The van der Waals surface area contributed by atoms with E-state index in [4.69, 9.17) is 10.7 Å². The van der Waals surface area contributed by atoms with Gasteiger partial charge in [0.25, 0.3) is 9.05 Å². The molecular weight excluding hydrogens is 373 g/mol. The maximum absolute atomic E-state index is 11.3. The second-order valence-electron chi connectivity index (χ2n) is 3.48. The monoisotopic (exact) mass is 380 g/mol. The molecule has 0 bridgehead atoms. The molecule has 0 atom stereocenters. The Morgan fingerprint density at radius 3 is 2.26 bits per heavy atom. The first-order valence-corrected chi connectivity index (χ1v) is 8.55. The number of hydrogen-bond acceptors (Lipinski definition) is 4. The van der Waals surface area contributed by atoms with Gasteiger partial charge < -0.3 is 0 Å². The maximum atomic E-state index is 11.3. The molecule has 0 heterocycles. The third-order valence-corrected chi connectivity index (χ3v) is 5.14. The molecule has 0 unspecified atom stereocenters. The summed E-state index contributed by atoms with van der Waals surface area (Å²) in [6.45, 7) is 0. The first kappa shape index (κ1) is 17.1. The first-order chi connectivity index (χ1) is 8.47. The topological polar surface area (TPSA) is 34.1 Å². The van der Waals surface area contributed by atoms with Crippen molar-refractivity contribution in [3.63, 3.8) is 0 Å². The molecule has 2 rings (SSSR count). The van der Waals surface area contributed by atoms with Crippen molar-refractivity contribution in [1.82, 2.24) is 0 Å². The van der Waals surface area contributed by atoms with Gasteiger partial charge in [0.2, 0.25) is 0 Å². The Kier molecular flexibility index (Phi) is 6.41. The molecule has 2 nitrogen and oxygen atoms in total. The second kappa shape index (κ2) is 7.14. The van der Waals surface area contributed by atoms with Gasteiger partial charge in [0.15, 0.2) is 0 Å². The molecule has 0 radical (unpaired) electrons. The largest absolute Gasteiger partial charge is 2.00 e. The predicted molar refractivity (Wildman–Crippen MR) is 77.3 cm³/mol. The molecule has 0 saturated heterocycles. The summed E-state index contributed by atoms with van der Waals surface area (Å²) in [5, 5.41) is 0. The number of benzene rings is 2. The van der Waals surface area contributed by atoms with Gasteiger partial charge in [0.1, 0.15) is 0 Å². The fourth-order valence-corrected chi connectivity index (χ4v) is 3.38. The summed E-state index contributed by atoms with van der Waals surface area (Å²) in [6.07, 6.45) is 0. The van der Waals surface area contributed by atoms with Crippen molar-refractivity contribution in [3.8, 4) is 0 Å². The Hall–Kier alpha value is 0.00338. The summed E-state index contributed by atoms with van der Waals surface area (Å²) in [5.41, 5.74) is 0. The van der Waals surface area contributed by atoms with Crippen molar-refractivity contribution in [2.45, 2.75) is 19.6 Å². The zero-order valence-electron chi connectivity index (χ0n) is 9.78. The van der Waals surface area contributed by atoms with E-state index in [-0.39, 0.29) is 24.4 Å². The molecule has 0 spiro atoms. The molecule has 0 amide bonds. The Morgan fingerprint density at radius 2 is 1.68 bits per heavy atom. The molecule has 0 aliphatic carbocycles. The van der Waals surface area contributed by atoms with Crippen LogP contribution < -0.4 is 0 Å². The minimum atomic E-state index is -3.71.